The van der Waals surface area contributed by atoms with Gasteiger partial charge >= 0.3 is 5.69 Å². The molecule has 2 heterocycles. The quantitative estimate of drug-likeness (QED) is 0.267. The second kappa shape index (κ2) is 11.2. The number of aliphatic hydroxyl groups is 1. The minimum Gasteiger partial charge on any atom is -0.417 e. The minimum absolute atomic E-state index is 0.0775. The number of nitrogens with zero attached hydrogens (tertiary/aromatic N) is 3. The fourth-order valence-corrected chi connectivity index (χ4v) is 5.50. The number of rotatable bonds is 9. The van der Waals surface area contributed by atoms with Crippen molar-refractivity contribution < 1.29 is 9.53 Å². The SMILES string of the molecule is CC(C)CC(O)c1c(-c2cccc(Cl)c2)ncc2c1c(=O)n(CCCO[Si](C)(C)C(C)(C)C)c(=O)n2C. The van der Waals surface area contributed by atoms with Gasteiger partial charge in [0.15, 0.2) is 8.32 Å². The van der Waals surface area contributed by atoms with Gasteiger partial charge in [0.25, 0.3) is 5.56 Å². The standard InChI is InChI=1S/C28H40ClN3O4Si/c1-18(2)15-22(33)24-23-21(17-30-25(24)19-11-9-12-20(29)16-19)31(6)27(35)32(26(23)34)13-10-14-36-37(7,8)28(3,4)5/h9,11-12,16-18,22,33H,10,13-15H2,1-8H3. The van der Waals surface area contributed by atoms with Crippen molar-refractivity contribution >= 4 is 30.8 Å². The fourth-order valence-electron chi connectivity index (χ4n) is 4.22. The maximum absolute atomic E-state index is 13.9. The summed E-state index contributed by atoms with van der Waals surface area (Å²) < 4.78 is 8.95. The van der Waals surface area contributed by atoms with Crippen LogP contribution >= 0.6 is 11.6 Å². The molecule has 7 nitrogen and oxygen atoms in total. The van der Waals surface area contributed by atoms with Crippen LogP contribution in [0.25, 0.3) is 22.2 Å². The smallest absolute Gasteiger partial charge is 0.331 e. The molecular formula is C28H40ClN3O4Si. The highest BCUT2D eigenvalue weighted by atomic mass is 35.5. The van der Waals surface area contributed by atoms with Crippen molar-refractivity contribution in [3.8, 4) is 11.3 Å². The van der Waals surface area contributed by atoms with Crippen LogP contribution in [-0.2, 0) is 18.0 Å². The van der Waals surface area contributed by atoms with Crippen LogP contribution in [-0.4, -0.2) is 34.1 Å². The van der Waals surface area contributed by atoms with Gasteiger partial charge in [0, 0.05) is 36.3 Å². The van der Waals surface area contributed by atoms with Gasteiger partial charge in [-0.25, -0.2) is 4.79 Å². The zero-order valence-electron chi connectivity index (χ0n) is 23.3. The lowest BCUT2D eigenvalue weighted by Crippen LogP contribution is -2.42. The van der Waals surface area contributed by atoms with E-state index < -0.39 is 25.7 Å². The van der Waals surface area contributed by atoms with Crippen LogP contribution in [0.15, 0.2) is 40.1 Å². The average molecular weight is 546 g/mol. The summed E-state index contributed by atoms with van der Waals surface area (Å²) in [5.74, 6) is 0.180. The Hall–Kier alpha value is -2.26. The number of hydrogen-bond acceptors (Lipinski definition) is 5. The minimum atomic E-state index is -1.94. The van der Waals surface area contributed by atoms with Crippen LogP contribution in [0.2, 0.25) is 23.2 Å². The maximum atomic E-state index is 13.9. The van der Waals surface area contributed by atoms with E-state index in [4.69, 9.17) is 16.0 Å². The molecular weight excluding hydrogens is 506 g/mol. The summed E-state index contributed by atoms with van der Waals surface area (Å²) in [4.78, 5) is 31.7. The average Bonchev–Trinajstić information content (AvgIpc) is 2.80. The van der Waals surface area contributed by atoms with Crippen molar-refractivity contribution in [2.75, 3.05) is 6.61 Å². The number of aromatic nitrogens is 3. The molecule has 3 aromatic rings. The zero-order valence-corrected chi connectivity index (χ0v) is 25.0. The van der Waals surface area contributed by atoms with Crippen molar-refractivity contribution in [2.24, 2.45) is 13.0 Å². The molecule has 2 aromatic heterocycles. The van der Waals surface area contributed by atoms with Crippen molar-refractivity contribution in [3.63, 3.8) is 0 Å². The van der Waals surface area contributed by atoms with Crippen LogP contribution in [0.1, 0.15) is 59.1 Å². The largest absolute Gasteiger partial charge is 0.417 e. The third kappa shape index (κ3) is 6.25. The van der Waals surface area contributed by atoms with Gasteiger partial charge in [0.1, 0.15) is 0 Å². The predicted octanol–water partition coefficient (Wildman–Crippen LogP) is 5.91. The Morgan fingerprint density at radius 1 is 1.19 bits per heavy atom. The van der Waals surface area contributed by atoms with Gasteiger partial charge in [-0.1, -0.05) is 58.4 Å². The summed E-state index contributed by atoms with van der Waals surface area (Å²) in [7, 11) is -0.306. The Balaban J connectivity index is 2.15. The topological polar surface area (TPSA) is 86.4 Å². The lowest BCUT2D eigenvalue weighted by molar-refractivity contribution is 0.152. The number of pyridine rings is 1. The predicted molar refractivity (Wildman–Crippen MR) is 154 cm³/mol. The summed E-state index contributed by atoms with van der Waals surface area (Å²) in [6.45, 7) is 15.6. The lowest BCUT2D eigenvalue weighted by atomic mass is 9.93. The summed E-state index contributed by atoms with van der Waals surface area (Å²) in [5, 5.41) is 12.3. The highest BCUT2D eigenvalue weighted by Crippen LogP contribution is 2.37. The third-order valence-corrected chi connectivity index (χ3v) is 12.1. The van der Waals surface area contributed by atoms with Gasteiger partial charge in [0.05, 0.1) is 28.9 Å². The van der Waals surface area contributed by atoms with Gasteiger partial charge in [-0.2, -0.15) is 0 Å². The highest BCUT2D eigenvalue weighted by Gasteiger charge is 2.36. The van der Waals surface area contributed by atoms with E-state index in [0.717, 1.165) is 0 Å². The second-order valence-corrected chi connectivity index (χ2v) is 16.9. The molecule has 0 amide bonds. The maximum Gasteiger partial charge on any atom is 0.331 e. The molecule has 0 saturated heterocycles. The molecule has 1 atom stereocenters. The Morgan fingerprint density at radius 2 is 1.86 bits per heavy atom. The first-order valence-electron chi connectivity index (χ1n) is 12.9. The summed E-state index contributed by atoms with van der Waals surface area (Å²) in [6, 6.07) is 7.19. The number of aryl methyl sites for hydroxylation is 1. The molecule has 9 heteroatoms. The van der Waals surface area contributed by atoms with E-state index in [0.29, 0.717) is 52.2 Å². The summed E-state index contributed by atoms with van der Waals surface area (Å²) in [5.41, 5.74) is 1.19. The summed E-state index contributed by atoms with van der Waals surface area (Å²) in [6.07, 6.45) is 1.57. The molecule has 0 saturated carbocycles. The van der Waals surface area contributed by atoms with Crippen molar-refractivity contribution in [1.82, 2.24) is 14.1 Å². The van der Waals surface area contributed by atoms with E-state index >= 15 is 0 Å². The van der Waals surface area contributed by atoms with E-state index in [9.17, 15) is 14.7 Å². The van der Waals surface area contributed by atoms with Gasteiger partial charge in [-0.3, -0.25) is 18.9 Å². The lowest BCUT2D eigenvalue weighted by Gasteiger charge is -2.36. The van der Waals surface area contributed by atoms with Crippen LogP contribution < -0.4 is 11.2 Å². The number of fused-ring (bicyclic) bond motifs is 1. The second-order valence-electron chi connectivity index (χ2n) is 11.7. The summed E-state index contributed by atoms with van der Waals surface area (Å²) >= 11 is 6.25. The number of halogens is 1. The highest BCUT2D eigenvalue weighted by molar-refractivity contribution is 6.74. The van der Waals surface area contributed by atoms with Crippen LogP contribution in [0.5, 0.6) is 0 Å². The molecule has 1 aromatic carbocycles. The van der Waals surface area contributed by atoms with Gasteiger partial charge in [0.2, 0.25) is 0 Å². The zero-order chi connectivity index (χ0) is 27.7. The Kier molecular flexibility index (Phi) is 8.89. The molecule has 1 N–H and O–H groups in total. The molecule has 0 aliphatic rings. The molecule has 1 unspecified atom stereocenters. The van der Waals surface area contributed by atoms with Crippen molar-refractivity contribution in [3.05, 3.63) is 61.9 Å². The van der Waals surface area contributed by atoms with Gasteiger partial charge < -0.3 is 9.53 Å². The first-order chi connectivity index (χ1) is 17.2. The van der Waals surface area contributed by atoms with Gasteiger partial charge in [-0.15, -0.1) is 0 Å². The van der Waals surface area contributed by atoms with E-state index in [2.05, 4.69) is 38.8 Å². The van der Waals surface area contributed by atoms with Crippen molar-refractivity contribution in [1.29, 1.82) is 0 Å². The monoisotopic (exact) mass is 545 g/mol. The van der Waals surface area contributed by atoms with E-state index in [1.165, 1.54) is 15.3 Å². The molecule has 0 aliphatic carbocycles. The normalized spacial score (nSPS) is 13.5. The fraction of sp³-hybridized carbons (Fsp3) is 0.536. The molecule has 0 aliphatic heterocycles. The van der Waals surface area contributed by atoms with E-state index in [1.807, 2.05) is 26.0 Å². The van der Waals surface area contributed by atoms with Crippen LogP contribution in [0.3, 0.4) is 0 Å². The molecule has 3 rings (SSSR count). The molecule has 0 radical (unpaired) electrons. The Bertz CT molecular complexity index is 1390. The van der Waals surface area contributed by atoms with Gasteiger partial charge in [-0.05, 0) is 49.0 Å². The first kappa shape index (κ1) is 29.3. The van der Waals surface area contributed by atoms with E-state index in [-0.39, 0.29) is 17.5 Å². The number of benzene rings is 1. The molecule has 0 bridgehead atoms. The number of hydrogen-bond donors (Lipinski definition) is 1. The molecule has 37 heavy (non-hydrogen) atoms. The van der Waals surface area contributed by atoms with Crippen LogP contribution in [0.4, 0.5) is 0 Å². The van der Waals surface area contributed by atoms with Crippen LogP contribution in [0, 0.1) is 5.92 Å². The molecule has 202 valence electrons. The van der Waals surface area contributed by atoms with Crippen molar-refractivity contribution in [2.45, 2.75) is 78.2 Å². The molecule has 0 fully saturated rings. The molecule has 0 spiro atoms. The Morgan fingerprint density at radius 3 is 2.46 bits per heavy atom. The Labute approximate surface area is 225 Å². The third-order valence-electron chi connectivity index (χ3n) is 7.36. The first-order valence-corrected chi connectivity index (χ1v) is 16.1. The van der Waals surface area contributed by atoms with E-state index in [1.54, 1.807) is 19.2 Å². The number of aliphatic hydroxyl groups excluding tert-OH is 1.